The van der Waals surface area contributed by atoms with Gasteiger partial charge in [0.15, 0.2) is 0 Å². The predicted molar refractivity (Wildman–Crippen MR) is 112 cm³/mol. The topological polar surface area (TPSA) is 102 Å². The summed E-state index contributed by atoms with van der Waals surface area (Å²) < 4.78 is 47.3. The second kappa shape index (κ2) is 9.82. The minimum atomic E-state index is -3.70. The summed E-state index contributed by atoms with van der Waals surface area (Å²) in [7, 11) is -0.453. The van der Waals surface area contributed by atoms with Crippen molar-refractivity contribution in [3.8, 4) is 0 Å². The first-order chi connectivity index (χ1) is 14.8. The highest BCUT2D eigenvalue weighted by Crippen LogP contribution is 2.22. The second-order valence-electron chi connectivity index (χ2n) is 6.77. The van der Waals surface area contributed by atoms with E-state index in [0.717, 1.165) is 0 Å². The Morgan fingerprint density at radius 2 is 1.97 bits per heavy atom. The van der Waals surface area contributed by atoms with Gasteiger partial charge in [-0.05, 0) is 42.0 Å². The molecule has 1 unspecified atom stereocenters. The van der Waals surface area contributed by atoms with Gasteiger partial charge in [0.05, 0.1) is 11.5 Å². The van der Waals surface area contributed by atoms with Gasteiger partial charge in [0.2, 0.25) is 10.0 Å². The number of halogens is 1. The third-order valence-electron chi connectivity index (χ3n) is 4.60. The van der Waals surface area contributed by atoms with E-state index >= 15 is 0 Å². The zero-order chi connectivity index (χ0) is 22.4. The van der Waals surface area contributed by atoms with Crippen LogP contribution in [0.3, 0.4) is 0 Å². The number of aryl methyl sites for hydroxylation is 1. The van der Waals surface area contributed by atoms with Crippen LogP contribution in [0.4, 0.5) is 4.39 Å². The van der Waals surface area contributed by atoms with Gasteiger partial charge in [0.1, 0.15) is 17.7 Å². The highest BCUT2D eigenvalue weighted by Gasteiger charge is 2.22. The lowest BCUT2D eigenvalue weighted by Gasteiger charge is -2.19. The Labute approximate surface area is 180 Å². The summed E-state index contributed by atoms with van der Waals surface area (Å²) in [5.74, 6) is -0.351. The van der Waals surface area contributed by atoms with Gasteiger partial charge in [0.25, 0.3) is 5.91 Å². The van der Waals surface area contributed by atoms with E-state index in [9.17, 15) is 17.6 Å². The number of rotatable bonds is 9. The number of imidazole rings is 1. The average molecular weight is 447 g/mol. The van der Waals surface area contributed by atoms with Crippen LogP contribution in [0.1, 0.15) is 27.8 Å². The van der Waals surface area contributed by atoms with Crippen LogP contribution in [0.15, 0.2) is 65.8 Å². The first-order valence-corrected chi connectivity index (χ1v) is 10.9. The van der Waals surface area contributed by atoms with Gasteiger partial charge in [-0.15, -0.1) is 0 Å². The summed E-state index contributed by atoms with van der Waals surface area (Å²) in [6, 6.07) is 10.8. The number of aromatic nitrogens is 2. The van der Waals surface area contributed by atoms with Crippen molar-refractivity contribution in [2.45, 2.75) is 10.9 Å². The monoisotopic (exact) mass is 446 g/mol. The molecule has 0 aliphatic rings. The quantitative estimate of drug-likeness (QED) is 0.490. The maximum Gasteiger partial charge on any atom is 0.252 e. The Bertz CT molecular complexity index is 1150. The number of hydrogen-bond acceptors (Lipinski definition) is 5. The van der Waals surface area contributed by atoms with Crippen molar-refractivity contribution in [2.24, 2.45) is 7.05 Å². The zero-order valence-electron chi connectivity index (χ0n) is 17.1. The fourth-order valence-electron chi connectivity index (χ4n) is 3.00. The van der Waals surface area contributed by atoms with E-state index in [2.05, 4.69) is 15.0 Å². The molecule has 0 saturated carbocycles. The molecule has 2 N–H and O–H groups in total. The van der Waals surface area contributed by atoms with Gasteiger partial charge < -0.3 is 14.6 Å². The zero-order valence-corrected chi connectivity index (χ0v) is 17.9. The van der Waals surface area contributed by atoms with Crippen molar-refractivity contribution in [1.82, 2.24) is 19.6 Å². The third kappa shape index (κ3) is 5.54. The van der Waals surface area contributed by atoms with Crippen molar-refractivity contribution >= 4 is 15.9 Å². The molecule has 1 aromatic heterocycles. The lowest BCUT2D eigenvalue weighted by molar-refractivity contribution is 0.0941. The van der Waals surface area contributed by atoms with Crippen LogP contribution >= 0.6 is 0 Å². The fourth-order valence-corrected chi connectivity index (χ4v) is 4.01. The number of methoxy groups -OCH3 is 1. The SMILES string of the molecule is COCCNS(=O)(=O)c1ccc(C(=O)NC(c2cccc(F)c2)c2nccn2C)cc1. The number of nitrogens with one attached hydrogen (secondary N) is 2. The molecule has 164 valence electrons. The molecule has 1 amide bonds. The summed E-state index contributed by atoms with van der Waals surface area (Å²) in [6.07, 6.45) is 3.31. The Morgan fingerprint density at radius 1 is 1.23 bits per heavy atom. The predicted octanol–water partition coefficient (Wildman–Crippen LogP) is 2.00. The largest absolute Gasteiger partial charge is 0.383 e. The first-order valence-electron chi connectivity index (χ1n) is 9.44. The molecule has 3 rings (SSSR count). The summed E-state index contributed by atoms with van der Waals surface area (Å²) in [6.45, 7) is 0.383. The van der Waals surface area contributed by atoms with Crippen LogP contribution in [0.5, 0.6) is 0 Å². The van der Waals surface area contributed by atoms with Gasteiger partial charge >= 0.3 is 0 Å². The number of carbonyl (C=O) groups excluding carboxylic acids is 1. The van der Waals surface area contributed by atoms with Crippen LogP contribution in [-0.2, 0) is 21.8 Å². The molecule has 0 radical (unpaired) electrons. The molecule has 0 aliphatic carbocycles. The highest BCUT2D eigenvalue weighted by atomic mass is 32.2. The van der Waals surface area contributed by atoms with Crippen LogP contribution in [0.2, 0.25) is 0 Å². The number of amides is 1. The molecule has 3 aromatic rings. The van der Waals surface area contributed by atoms with E-state index in [4.69, 9.17) is 4.74 Å². The Balaban J connectivity index is 1.82. The summed E-state index contributed by atoms with van der Waals surface area (Å²) >= 11 is 0. The van der Waals surface area contributed by atoms with E-state index in [1.165, 1.54) is 43.5 Å². The first kappa shape index (κ1) is 22.6. The number of sulfonamides is 1. The number of hydrogen-bond donors (Lipinski definition) is 2. The van der Waals surface area contributed by atoms with Crippen LogP contribution in [-0.4, -0.2) is 44.1 Å². The molecule has 8 nitrogen and oxygen atoms in total. The maximum absolute atomic E-state index is 13.8. The molecule has 31 heavy (non-hydrogen) atoms. The van der Waals surface area contributed by atoms with E-state index in [0.29, 0.717) is 11.4 Å². The maximum atomic E-state index is 13.8. The molecule has 0 spiro atoms. The molecular weight excluding hydrogens is 423 g/mol. The molecule has 1 heterocycles. The number of carbonyl (C=O) groups is 1. The van der Waals surface area contributed by atoms with Crippen molar-refractivity contribution in [1.29, 1.82) is 0 Å². The molecule has 10 heteroatoms. The Hall–Kier alpha value is -3.08. The van der Waals surface area contributed by atoms with Crippen molar-refractivity contribution in [3.63, 3.8) is 0 Å². The fraction of sp³-hybridized carbons (Fsp3) is 0.238. The lowest BCUT2D eigenvalue weighted by Crippen LogP contribution is -2.31. The van der Waals surface area contributed by atoms with Crippen molar-refractivity contribution < 1.29 is 22.3 Å². The third-order valence-corrected chi connectivity index (χ3v) is 6.08. The van der Waals surface area contributed by atoms with E-state index < -0.39 is 27.8 Å². The minimum absolute atomic E-state index is 0.0333. The molecule has 1 atom stereocenters. The molecule has 2 aromatic carbocycles. The average Bonchev–Trinajstić information content (AvgIpc) is 3.17. The van der Waals surface area contributed by atoms with E-state index in [-0.39, 0.29) is 23.6 Å². The van der Waals surface area contributed by atoms with Crippen molar-refractivity contribution in [3.05, 3.63) is 83.7 Å². The van der Waals surface area contributed by atoms with Crippen LogP contribution in [0.25, 0.3) is 0 Å². The highest BCUT2D eigenvalue weighted by molar-refractivity contribution is 7.89. The van der Waals surface area contributed by atoms with Gasteiger partial charge in [-0.2, -0.15) is 0 Å². The number of ether oxygens (including phenoxy) is 1. The lowest BCUT2D eigenvalue weighted by atomic mass is 10.0. The van der Waals surface area contributed by atoms with Gasteiger partial charge in [-0.1, -0.05) is 12.1 Å². The minimum Gasteiger partial charge on any atom is -0.383 e. The Kier molecular flexibility index (Phi) is 7.16. The van der Waals surface area contributed by atoms with E-state index in [1.807, 2.05) is 0 Å². The van der Waals surface area contributed by atoms with E-state index in [1.54, 1.807) is 36.1 Å². The second-order valence-corrected chi connectivity index (χ2v) is 8.54. The molecule has 0 fully saturated rings. The van der Waals surface area contributed by atoms with Crippen LogP contribution < -0.4 is 10.0 Å². The molecule has 0 bridgehead atoms. The van der Waals surface area contributed by atoms with Gasteiger partial charge in [-0.25, -0.2) is 22.5 Å². The molecule has 0 aliphatic heterocycles. The van der Waals surface area contributed by atoms with Crippen LogP contribution in [0, 0.1) is 5.82 Å². The molecular formula is C21H23FN4O4S. The summed E-state index contributed by atoms with van der Waals surface area (Å²) in [5.41, 5.74) is 0.788. The molecule has 0 saturated heterocycles. The van der Waals surface area contributed by atoms with Crippen molar-refractivity contribution in [2.75, 3.05) is 20.3 Å². The van der Waals surface area contributed by atoms with Gasteiger partial charge in [-0.3, -0.25) is 4.79 Å². The number of nitrogens with zero attached hydrogens (tertiary/aromatic N) is 2. The summed E-state index contributed by atoms with van der Waals surface area (Å²) in [4.78, 5) is 17.2. The normalized spacial score (nSPS) is 12.5. The standard InChI is InChI=1S/C21H23FN4O4S/c1-26-12-10-23-20(26)19(16-4-3-5-17(22)14-16)25-21(27)15-6-8-18(9-7-15)31(28,29)24-11-13-30-2/h3-10,12,14,19,24H,11,13H2,1-2H3,(H,25,27). The summed E-state index contributed by atoms with van der Waals surface area (Å²) in [5, 5.41) is 2.85. The smallest absolute Gasteiger partial charge is 0.252 e. The van der Waals surface area contributed by atoms with Gasteiger partial charge in [0, 0.05) is 38.7 Å². The Morgan fingerprint density at radius 3 is 2.58 bits per heavy atom. The number of benzene rings is 2.